The van der Waals surface area contributed by atoms with E-state index >= 15 is 0 Å². The van der Waals surface area contributed by atoms with Crippen LogP contribution < -0.4 is 0 Å². The van der Waals surface area contributed by atoms with Crippen LogP contribution in [0.3, 0.4) is 0 Å². The van der Waals surface area contributed by atoms with Gasteiger partial charge in [0.2, 0.25) is 0 Å². The van der Waals surface area contributed by atoms with E-state index in [2.05, 4.69) is 26.1 Å². The Labute approximate surface area is 135 Å². The molecule has 23 heavy (non-hydrogen) atoms. The van der Waals surface area contributed by atoms with E-state index < -0.39 is 0 Å². The molecule has 0 saturated carbocycles. The van der Waals surface area contributed by atoms with Crippen LogP contribution in [0.1, 0.15) is 30.4 Å². The molecular formula is C18H18N4O. The highest BCUT2D eigenvalue weighted by atomic mass is 16.5. The van der Waals surface area contributed by atoms with E-state index in [0.717, 1.165) is 30.0 Å². The van der Waals surface area contributed by atoms with Crippen LogP contribution in [0.25, 0.3) is 11.5 Å². The normalized spacial score (nSPS) is 18.3. The molecule has 0 unspecified atom stereocenters. The Bertz CT molecular complexity index is 757. The fraction of sp³-hybridized carbons (Fsp3) is 0.278. The summed E-state index contributed by atoms with van der Waals surface area (Å²) in [5.41, 5.74) is 2.07. The highest BCUT2D eigenvalue weighted by Crippen LogP contribution is 2.31. The number of hydrogen-bond donors (Lipinski definition) is 0. The molecule has 3 aromatic rings. The predicted molar refractivity (Wildman–Crippen MR) is 86.4 cm³/mol. The third-order valence-corrected chi connectivity index (χ3v) is 4.23. The second kappa shape index (κ2) is 6.30. The molecule has 116 valence electrons. The van der Waals surface area contributed by atoms with Gasteiger partial charge in [-0.05, 0) is 43.7 Å². The van der Waals surface area contributed by atoms with Gasteiger partial charge in [-0.15, -0.1) is 0 Å². The highest BCUT2D eigenvalue weighted by molar-refractivity contribution is 5.51. The first-order chi connectivity index (χ1) is 11.4. The molecule has 1 saturated heterocycles. The van der Waals surface area contributed by atoms with Crippen molar-refractivity contribution >= 4 is 0 Å². The van der Waals surface area contributed by atoms with E-state index in [-0.39, 0.29) is 0 Å². The van der Waals surface area contributed by atoms with Crippen LogP contribution in [0.4, 0.5) is 0 Å². The van der Waals surface area contributed by atoms with Crippen LogP contribution in [0.5, 0.6) is 0 Å². The fourth-order valence-electron chi connectivity index (χ4n) is 3.12. The molecule has 1 atom stereocenters. The summed E-state index contributed by atoms with van der Waals surface area (Å²) in [7, 11) is 0. The third-order valence-electron chi connectivity index (χ3n) is 4.23. The van der Waals surface area contributed by atoms with E-state index in [1.54, 1.807) is 0 Å². The summed E-state index contributed by atoms with van der Waals surface area (Å²) in [5, 5.41) is 4.14. The Morgan fingerprint density at radius 1 is 1.09 bits per heavy atom. The van der Waals surface area contributed by atoms with Crippen LogP contribution in [0.2, 0.25) is 0 Å². The summed E-state index contributed by atoms with van der Waals surface area (Å²) in [6, 6.07) is 16.3. The molecule has 1 aliphatic rings. The molecule has 0 radical (unpaired) electrons. The summed E-state index contributed by atoms with van der Waals surface area (Å²) in [6.45, 7) is 1.73. The summed E-state index contributed by atoms with van der Waals surface area (Å²) in [5.74, 6) is 1.31. The lowest BCUT2D eigenvalue weighted by molar-refractivity contribution is 0.234. The van der Waals surface area contributed by atoms with Crippen molar-refractivity contribution in [3.05, 3.63) is 66.2 Å². The maximum atomic E-state index is 5.40. The van der Waals surface area contributed by atoms with Gasteiger partial charge < -0.3 is 4.52 Å². The third kappa shape index (κ3) is 3.00. The van der Waals surface area contributed by atoms with Crippen molar-refractivity contribution in [1.29, 1.82) is 0 Å². The van der Waals surface area contributed by atoms with Crippen molar-refractivity contribution in [2.45, 2.75) is 25.4 Å². The summed E-state index contributed by atoms with van der Waals surface area (Å²) >= 11 is 0. The molecule has 4 rings (SSSR count). The van der Waals surface area contributed by atoms with Gasteiger partial charge in [-0.2, -0.15) is 4.98 Å². The largest absolute Gasteiger partial charge is 0.334 e. The molecule has 1 aromatic carbocycles. The van der Waals surface area contributed by atoms with Gasteiger partial charge in [-0.25, -0.2) is 0 Å². The van der Waals surface area contributed by atoms with Gasteiger partial charge >= 0.3 is 0 Å². The number of rotatable bonds is 4. The molecule has 3 heterocycles. The number of nitrogens with zero attached hydrogens (tertiary/aromatic N) is 4. The molecule has 5 nitrogen and oxygen atoms in total. The molecule has 0 spiro atoms. The van der Waals surface area contributed by atoms with E-state index in [4.69, 9.17) is 4.52 Å². The molecule has 0 N–H and O–H groups in total. The Balaban J connectivity index is 1.51. The lowest BCUT2D eigenvalue weighted by atomic mass is 10.1. The van der Waals surface area contributed by atoms with Gasteiger partial charge in [-0.3, -0.25) is 9.88 Å². The van der Waals surface area contributed by atoms with Crippen LogP contribution in [-0.4, -0.2) is 26.6 Å². The lowest BCUT2D eigenvalue weighted by Gasteiger charge is -2.22. The minimum Gasteiger partial charge on any atom is -0.334 e. The average molecular weight is 306 g/mol. The van der Waals surface area contributed by atoms with E-state index in [1.807, 2.05) is 48.7 Å². The smallest absolute Gasteiger partial charge is 0.257 e. The van der Waals surface area contributed by atoms with Gasteiger partial charge in [0.25, 0.3) is 5.89 Å². The zero-order chi connectivity index (χ0) is 15.5. The summed E-state index contributed by atoms with van der Waals surface area (Å²) < 4.78 is 5.40. The first-order valence-electron chi connectivity index (χ1n) is 7.93. The average Bonchev–Trinajstić information content (AvgIpc) is 3.26. The number of pyridine rings is 1. The first kappa shape index (κ1) is 14.1. The summed E-state index contributed by atoms with van der Waals surface area (Å²) in [6.07, 6.45) is 4.15. The monoisotopic (exact) mass is 306 g/mol. The standard InChI is InChI=1S/C18H18N4O/c1-2-7-14(8-3-1)18-20-17(21-23-18)13-22-12-6-10-16(22)15-9-4-5-11-19-15/h1-5,7-9,11,16H,6,10,12-13H2/t16-/m1/s1. The minimum absolute atomic E-state index is 0.342. The topological polar surface area (TPSA) is 55.1 Å². The van der Waals surface area contributed by atoms with Crippen LogP contribution in [-0.2, 0) is 6.54 Å². The van der Waals surface area contributed by atoms with Gasteiger partial charge in [0.15, 0.2) is 5.82 Å². The number of hydrogen-bond acceptors (Lipinski definition) is 5. The number of likely N-dealkylation sites (tertiary alicyclic amines) is 1. The minimum atomic E-state index is 0.342. The van der Waals surface area contributed by atoms with Crippen molar-refractivity contribution < 1.29 is 4.52 Å². The Morgan fingerprint density at radius 3 is 2.78 bits per heavy atom. The molecule has 0 amide bonds. The Hall–Kier alpha value is -2.53. The Morgan fingerprint density at radius 2 is 1.96 bits per heavy atom. The molecule has 1 fully saturated rings. The number of benzene rings is 1. The summed E-state index contributed by atoms with van der Waals surface area (Å²) in [4.78, 5) is 11.4. The zero-order valence-electron chi connectivity index (χ0n) is 12.8. The lowest BCUT2D eigenvalue weighted by Crippen LogP contribution is -2.24. The molecule has 1 aliphatic heterocycles. The van der Waals surface area contributed by atoms with Gasteiger partial charge in [0.1, 0.15) is 0 Å². The van der Waals surface area contributed by atoms with Crippen molar-refractivity contribution in [1.82, 2.24) is 20.0 Å². The predicted octanol–water partition coefficient (Wildman–Crippen LogP) is 3.47. The van der Waals surface area contributed by atoms with Crippen molar-refractivity contribution in [3.8, 4) is 11.5 Å². The Kier molecular flexibility index (Phi) is 3.86. The van der Waals surface area contributed by atoms with Crippen LogP contribution in [0.15, 0.2) is 59.3 Å². The van der Waals surface area contributed by atoms with Gasteiger partial charge in [-0.1, -0.05) is 29.4 Å². The van der Waals surface area contributed by atoms with E-state index in [9.17, 15) is 0 Å². The maximum absolute atomic E-state index is 5.40. The van der Waals surface area contributed by atoms with Crippen molar-refractivity contribution in [3.63, 3.8) is 0 Å². The van der Waals surface area contributed by atoms with Crippen molar-refractivity contribution in [2.24, 2.45) is 0 Å². The second-order valence-corrected chi connectivity index (χ2v) is 5.76. The second-order valence-electron chi connectivity index (χ2n) is 5.76. The van der Waals surface area contributed by atoms with Crippen LogP contribution in [0, 0.1) is 0 Å². The van der Waals surface area contributed by atoms with Crippen molar-refractivity contribution in [2.75, 3.05) is 6.54 Å². The maximum Gasteiger partial charge on any atom is 0.257 e. The molecule has 0 aliphatic carbocycles. The molecule has 0 bridgehead atoms. The van der Waals surface area contributed by atoms with E-state index in [1.165, 1.54) is 6.42 Å². The zero-order valence-corrected chi connectivity index (χ0v) is 12.8. The highest BCUT2D eigenvalue weighted by Gasteiger charge is 2.28. The van der Waals surface area contributed by atoms with Crippen LogP contribution >= 0.6 is 0 Å². The van der Waals surface area contributed by atoms with Gasteiger partial charge in [0, 0.05) is 11.8 Å². The number of aromatic nitrogens is 3. The molecule has 5 heteroatoms. The molecule has 2 aromatic heterocycles. The molecular weight excluding hydrogens is 288 g/mol. The SMILES string of the molecule is c1ccc(-c2nc(CN3CCC[C@@H]3c3ccccn3)no2)cc1. The first-order valence-corrected chi connectivity index (χ1v) is 7.93. The quantitative estimate of drug-likeness (QED) is 0.738. The van der Waals surface area contributed by atoms with E-state index in [0.29, 0.717) is 18.5 Å². The van der Waals surface area contributed by atoms with Gasteiger partial charge in [0.05, 0.1) is 18.3 Å². The fourth-order valence-corrected chi connectivity index (χ4v) is 3.12.